The van der Waals surface area contributed by atoms with Crippen LogP contribution in [0.4, 0.5) is 13.2 Å². The lowest BCUT2D eigenvalue weighted by molar-refractivity contribution is -0.137. The molecule has 6 heteroatoms. The van der Waals surface area contributed by atoms with E-state index in [2.05, 4.69) is 15.9 Å². The molecule has 1 fully saturated rings. The number of benzene rings is 1. The van der Waals surface area contributed by atoms with Crippen LogP contribution in [0.1, 0.15) is 24.0 Å². The van der Waals surface area contributed by atoms with Gasteiger partial charge in [0.25, 0.3) is 0 Å². The van der Waals surface area contributed by atoms with E-state index in [4.69, 9.17) is 10.5 Å². The van der Waals surface area contributed by atoms with E-state index in [9.17, 15) is 13.2 Å². The molecule has 100 valence electrons. The predicted octanol–water partition coefficient (Wildman–Crippen LogP) is 3.51. The van der Waals surface area contributed by atoms with Gasteiger partial charge in [-0.1, -0.05) is 15.9 Å². The third kappa shape index (κ3) is 2.80. The quantitative estimate of drug-likeness (QED) is 0.923. The van der Waals surface area contributed by atoms with E-state index in [1.807, 2.05) is 0 Å². The summed E-state index contributed by atoms with van der Waals surface area (Å²) in [6.45, 7) is 0. The lowest BCUT2D eigenvalue weighted by Gasteiger charge is -2.17. The number of hydrogen-bond donors (Lipinski definition) is 1. The summed E-state index contributed by atoms with van der Waals surface area (Å²) < 4.78 is 43.4. The first-order valence-electron chi connectivity index (χ1n) is 5.48. The van der Waals surface area contributed by atoms with Crippen molar-refractivity contribution in [3.8, 4) is 5.75 Å². The predicted molar refractivity (Wildman–Crippen MR) is 65.6 cm³/mol. The first-order valence-corrected chi connectivity index (χ1v) is 6.27. The van der Waals surface area contributed by atoms with Crippen molar-refractivity contribution >= 4 is 15.9 Å². The topological polar surface area (TPSA) is 35.2 Å². The standard InChI is InChI=1S/C12H13BrF3NO/c1-18-10-5-7(12(14,15)16)4-9(13)8(10)6-11(17)2-3-11/h4-5H,2-3,6,17H2,1H3. The fourth-order valence-corrected chi connectivity index (χ4v) is 2.40. The zero-order valence-electron chi connectivity index (χ0n) is 9.77. The van der Waals surface area contributed by atoms with Gasteiger partial charge in [-0.05, 0) is 31.4 Å². The number of hydrogen-bond acceptors (Lipinski definition) is 2. The van der Waals surface area contributed by atoms with Crippen molar-refractivity contribution in [1.82, 2.24) is 0 Å². The molecule has 0 bridgehead atoms. The minimum absolute atomic E-state index is 0.230. The van der Waals surface area contributed by atoms with E-state index in [-0.39, 0.29) is 11.3 Å². The largest absolute Gasteiger partial charge is 0.496 e. The minimum atomic E-state index is -4.38. The van der Waals surface area contributed by atoms with Crippen LogP contribution in [0.2, 0.25) is 0 Å². The van der Waals surface area contributed by atoms with Gasteiger partial charge >= 0.3 is 6.18 Å². The van der Waals surface area contributed by atoms with Crippen LogP contribution in [0.15, 0.2) is 16.6 Å². The molecule has 2 nitrogen and oxygen atoms in total. The van der Waals surface area contributed by atoms with Gasteiger partial charge < -0.3 is 10.5 Å². The number of ether oxygens (including phenoxy) is 1. The monoisotopic (exact) mass is 323 g/mol. The molecule has 0 heterocycles. The van der Waals surface area contributed by atoms with Gasteiger partial charge in [-0.25, -0.2) is 0 Å². The van der Waals surface area contributed by atoms with Crippen molar-refractivity contribution < 1.29 is 17.9 Å². The molecule has 1 aromatic carbocycles. The Balaban J connectivity index is 2.41. The molecular weight excluding hydrogens is 311 g/mol. The van der Waals surface area contributed by atoms with Crippen molar-refractivity contribution in [2.45, 2.75) is 31.0 Å². The van der Waals surface area contributed by atoms with E-state index >= 15 is 0 Å². The summed E-state index contributed by atoms with van der Waals surface area (Å²) in [5.74, 6) is 0.230. The van der Waals surface area contributed by atoms with E-state index in [1.54, 1.807) is 0 Å². The number of nitrogens with two attached hydrogens (primary N) is 1. The van der Waals surface area contributed by atoms with Crippen molar-refractivity contribution in [2.24, 2.45) is 5.73 Å². The summed E-state index contributed by atoms with van der Waals surface area (Å²) in [4.78, 5) is 0. The first-order chi connectivity index (χ1) is 8.25. The van der Waals surface area contributed by atoms with Gasteiger partial charge in [-0.15, -0.1) is 0 Å². The van der Waals surface area contributed by atoms with Gasteiger partial charge in [0.15, 0.2) is 0 Å². The Morgan fingerprint density at radius 2 is 2.00 bits per heavy atom. The highest BCUT2D eigenvalue weighted by Crippen LogP contribution is 2.42. The van der Waals surface area contributed by atoms with Gasteiger partial charge in [-0.2, -0.15) is 13.2 Å². The summed E-state index contributed by atoms with van der Waals surface area (Å²) in [5, 5.41) is 0. The molecule has 2 N–H and O–H groups in total. The fraction of sp³-hybridized carbons (Fsp3) is 0.500. The van der Waals surface area contributed by atoms with Crippen LogP contribution in [0.5, 0.6) is 5.75 Å². The lowest BCUT2D eigenvalue weighted by Crippen LogP contribution is -2.25. The van der Waals surface area contributed by atoms with Gasteiger partial charge in [0.1, 0.15) is 5.75 Å². The Morgan fingerprint density at radius 3 is 2.44 bits per heavy atom. The molecule has 2 rings (SSSR count). The Hall–Kier alpha value is -0.750. The third-order valence-corrected chi connectivity index (χ3v) is 3.83. The number of halogens is 4. The Labute approximate surface area is 111 Å². The van der Waals surface area contributed by atoms with E-state index in [1.165, 1.54) is 7.11 Å². The summed E-state index contributed by atoms with van der Waals surface area (Å²) in [5.41, 5.74) is 5.69. The van der Waals surface area contributed by atoms with E-state index in [0.717, 1.165) is 25.0 Å². The highest BCUT2D eigenvalue weighted by Gasteiger charge is 2.40. The highest BCUT2D eigenvalue weighted by molar-refractivity contribution is 9.10. The maximum Gasteiger partial charge on any atom is 0.416 e. The molecule has 0 unspecified atom stereocenters. The summed E-state index contributed by atoms with van der Waals surface area (Å²) in [6.07, 6.45) is -2.07. The first kappa shape index (κ1) is 13.7. The molecule has 0 saturated heterocycles. The van der Waals surface area contributed by atoms with Crippen LogP contribution in [0.25, 0.3) is 0 Å². The zero-order chi connectivity index (χ0) is 13.6. The van der Waals surface area contributed by atoms with Crippen LogP contribution < -0.4 is 10.5 Å². The molecule has 0 aliphatic heterocycles. The normalized spacial score (nSPS) is 17.7. The lowest BCUT2D eigenvalue weighted by atomic mass is 10.0. The highest BCUT2D eigenvalue weighted by atomic mass is 79.9. The molecular formula is C12H13BrF3NO. The molecule has 18 heavy (non-hydrogen) atoms. The second-order valence-electron chi connectivity index (χ2n) is 4.68. The van der Waals surface area contributed by atoms with Crippen molar-refractivity contribution in [3.63, 3.8) is 0 Å². The zero-order valence-corrected chi connectivity index (χ0v) is 11.4. The van der Waals surface area contributed by atoms with Crippen molar-refractivity contribution in [1.29, 1.82) is 0 Å². The maximum absolute atomic E-state index is 12.7. The Kier molecular flexibility index (Phi) is 3.36. The number of methoxy groups -OCH3 is 1. The molecule has 0 spiro atoms. The second kappa shape index (κ2) is 4.42. The molecule has 1 saturated carbocycles. The SMILES string of the molecule is COc1cc(C(F)(F)F)cc(Br)c1CC1(N)CC1. The van der Waals surface area contributed by atoms with Gasteiger partial charge in [0.2, 0.25) is 0 Å². The summed E-state index contributed by atoms with van der Waals surface area (Å²) in [6, 6.07) is 2.09. The fourth-order valence-electron chi connectivity index (χ4n) is 1.82. The second-order valence-corrected chi connectivity index (χ2v) is 5.53. The smallest absolute Gasteiger partial charge is 0.416 e. The van der Waals surface area contributed by atoms with Crippen LogP contribution in [0, 0.1) is 0 Å². The molecule has 1 aliphatic rings. The van der Waals surface area contributed by atoms with Gasteiger partial charge in [0, 0.05) is 15.6 Å². The number of rotatable bonds is 3. The summed E-state index contributed by atoms with van der Waals surface area (Å²) >= 11 is 3.18. The van der Waals surface area contributed by atoms with Crippen molar-refractivity contribution in [3.05, 3.63) is 27.7 Å². The van der Waals surface area contributed by atoms with E-state index < -0.39 is 11.7 Å². The van der Waals surface area contributed by atoms with Gasteiger partial charge in [-0.3, -0.25) is 0 Å². The van der Waals surface area contributed by atoms with Gasteiger partial charge in [0.05, 0.1) is 12.7 Å². The average Bonchev–Trinajstić information content (AvgIpc) is 2.98. The molecule has 0 radical (unpaired) electrons. The van der Waals surface area contributed by atoms with Crippen LogP contribution in [-0.2, 0) is 12.6 Å². The Bertz CT molecular complexity index is 469. The Morgan fingerprint density at radius 1 is 1.39 bits per heavy atom. The van der Waals surface area contributed by atoms with Crippen molar-refractivity contribution in [2.75, 3.05) is 7.11 Å². The molecule has 0 atom stereocenters. The van der Waals surface area contributed by atoms with Crippen LogP contribution in [0.3, 0.4) is 0 Å². The van der Waals surface area contributed by atoms with Crippen LogP contribution in [-0.4, -0.2) is 12.6 Å². The van der Waals surface area contributed by atoms with E-state index in [0.29, 0.717) is 16.5 Å². The molecule has 0 amide bonds. The molecule has 1 aromatic rings. The summed E-state index contributed by atoms with van der Waals surface area (Å²) in [7, 11) is 1.36. The van der Waals surface area contributed by atoms with Crippen LogP contribution >= 0.6 is 15.9 Å². The molecule has 1 aliphatic carbocycles. The number of alkyl halides is 3. The third-order valence-electron chi connectivity index (χ3n) is 3.12. The minimum Gasteiger partial charge on any atom is -0.496 e. The maximum atomic E-state index is 12.7. The average molecular weight is 324 g/mol. The molecule has 0 aromatic heterocycles.